The minimum atomic E-state index is -0.445. The van der Waals surface area contributed by atoms with Crippen molar-refractivity contribution in [2.24, 2.45) is 5.73 Å². The Bertz CT molecular complexity index is 321. The van der Waals surface area contributed by atoms with Gasteiger partial charge < -0.3 is 11.1 Å². The van der Waals surface area contributed by atoms with Crippen molar-refractivity contribution < 1.29 is 4.79 Å². The molecule has 0 radical (unpaired) electrons. The predicted molar refractivity (Wildman–Crippen MR) is 56.7 cm³/mol. The first-order chi connectivity index (χ1) is 6.61. The SMILES string of the molecule is Cc1ccccc1CNC(=O)C(C)N. The zero-order valence-corrected chi connectivity index (χ0v) is 8.58. The summed E-state index contributed by atoms with van der Waals surface area (Å²) >= 11 is 0. The van der Waals surface area contributed by atoms with Crippen molar-refractivity contribution in [1.82, 2.24) is 5.32 Å². The fourth-order valence-electron chi connectivity index (χ4n) is 1.15. The maximum absolute atomic E-state index is 11.2. The summed E-state index contributed by atoms with van der Waals surface area (Å²) < 4.78 is 0. The molecule has 0 fully saturated rings. The van der Waals surface area contributed by atoms with Crippen LogP contribution in [0.2, 0.25) is 0 Å². The van der Waals surface area contributed by atoms with Gasteiger partial charge in [0.1, 0.15) is 0 Å². The molecule has 0 aliphatic heterocycles. The van der Waals surface area contributed by atoms with Crippen molar-refractivity contribution in [2.45, 2.75) is 26.4 Å². The topological polar surface area (TPSA) is 55.1 Å². The van der Waals surface area contributed by atoms with E-state index in [1.54, 1.807) is 6.92 Å². The number of carbonyl (C=O) groups is 1. The Morgan fingerprint density at radius 1 is 1.50 bits per heavy atom. The van der Waals surface area contributed by atoms with Crippen LogP contribution in [-0.4, -0.2) is 11.9 Å². The van der Waals surface area contributed by atoms with Crippen LogP contribution in [0.15, 0.2) is 24.3 Å². The van der Waals surface area contributed by atoms with Gasteiger partial charge in [-0.05, 0) is 25.0 Å². The molecule has 1 atom stereocenters. The molecule has 3 heteroatoms. The molecule has 0 aromatic heterocycles. The summed E-state index contributed by atoms with van der Waals surface area (Å²) in [4.78, 5) is 11.2. The van der Waals surface area contributed by atoms with E-state index in [0.717, 1.165) is 5.56 Å². The van der Waals surface area contributed by atoms with E-state index in [4.69, 9.17) is 5.73 Å². The van der Waals surface area contributed by atoms with Crippen molar-refractivity contribution in [3.63, 3.8) is 0 Å². The van der Waals surface area contributed by atoms with E-state index in [1.807, 2.05) is 31.2 Å². The van der Waals surface area contributed by atoms with E-state index in [0.29, 0.717) is 6.54 Å². The number of benzene rings is 1. The van der Waals surface area contributed by atoms with E-state index in [9.17, 15) is 4.79 Å². The Labute approximate surface area is 84.3 Å². The van der Waals surface area contributed by atoms with Gasteiger partial charge in [0.25, 0.3) is 0 Å². The van der Waals surface area contributed by atoms with Gasteiger partial charge >= 0.3 is 0 Å². The van der Waals surface area contributed by atoms with Crippen LogP contribution in [0.5, 0.6) is 0 Å². The minimum Gasteiger partial charge on any atom is -0.351 e. The van der Waals surface area contributed by atoms with Gasteiger partial charge in [0.05, 0.1) is 6.04 Å². The third-order valence-electron chi connectivity index (χ3n) is 2.13. The molecule has 0 spiro atoms. The summed E-state index contributed by atoms with van der Waals surface area (Å²) in [5, 5.41) is 2.78. The third kappa shape index (κ3) is 2.85. The third-order valence-corrected chi connectivity index (χ3v) is 2.13. The van der Waals surface area contributed by atoms with Crippen molar-refractivity contribution in [3.8, 4) is 0 Å². The van der Waals surface area contributed by atoms with Crippen molar-refractivity contribution in [2.75, 3.05) is 0 Å². The molecular formula is C11H16N2O. The molecule has 3 N–H and O–H groups in total. The lowest BCUT2D eigenvalue weighted by molar-refractivity contribution is -0.122. The molecule has 0 saturated heterocycles. The number of hydrogen-bond donors (Lipinski definition) is 2. The lowest BCUT2D eigenvalue weighted by Gasteiger charge is -2.09. The van der Waals surface area contributed by atoms with Crippen LogP contribution in [0.4, 0.5) is 0 Å². The Morgan fingerprint density at radius 3 is 2.71 bits per heavy atom. The number of aryl methyl sites for hydroxylation is 1. The van der Waals surface area contributed by atoms with Crippen LogP contribution >= 0.6 is 0 Å². The molecule has 14 heavy (non-hydrogen) atoms. The summed E-state index contributed by atoms with van der Waals surface area (Å²) in [6, 6.07) is 7.51. The highest BCUT2D eigenvalue weighted by Gasteiger charge is 2.06. The largest absolute Gasteiger partial charge is 0.351 e. The maximum Gasteiger partial charge on any atom is 0.236 e. The normalized spacial score (nSPS) is 12.2. The zero-order valence-electron chi connectivity index (χ0n) is 8.58. The monoisotopic (exact) mass is 192 g/mol. The highest BCUT2D eigenvalue weighted by molar-refractivity contribution is 5.80. The Morgan fingerprint density at radius 2 is 2.14 bits per heavy atom. The van der Waals surface area contributed by atoms with Crippen LogP contribution in [0.1, 0.15) is 18.1 Å². The molecule has 1 aromatic carbocycles. The summed E-state index contributed by atoms with van der Waals surface area (Å²) in [7, 11) is 0. The molecule has 0 aliphatic carbocycles. The number of nitrogens with two attached hydrogens (primary N) is 1. The van der Waals surface area contributed by atoms with Crippen LogP contribution in [0.3, 0.4) is 0 Å². The highest BCUT2D eigenvalue weighted by atomic mass is 16.2. The zero-order chi connectivity index (χ0) is 10.6. The summed E-state index contributed by atoms with van der Waals surface area (Å²) in [5.74, 6) is -0.117. The van der Waals surface area contributed by atoms with Crippen molar-refractivity contribution in [1.29, 1.82) is 0 Å². The Hall–Kier alpha value is -1.35. The second-order valence-electron chi connectivity index (χ2n) is 3.43. The minimum absolute atomic E-state index is 0.117. The van der Waals surface area contributed by atoms with Crippen molar-refractivity contribution in [3.05, 3.63) is 35.4 Å². The fraction of sp³-hybridized carbons (Fsp3) is 0.364. The van der Waals surface area contributed by atoms with E-state index >= 15 is 0 Å². The molecule has 1 aromatic rings. The molecule has 0 heterocycles. The van der Waals surface area contributed by atoms with Gasteiger partial charge in [-0.15, -0.1) is 0 Å². The number of amides is 1. The standard InChI is InChI=1S/C11H16N2O/c1-8-5-3-4-6-10(8)7-13-11(14)9(2)12/h3-6,9H,7,12H2,1-2H3,(H,13,14). The predicted octanol–water partition coefficient (Wildman–Crippen LogP) is 0.958. The van der Waals surface area contributed by atoms with E-state index in [2.05, 4.69) is 5.32 Å². The highest BCUT2D eigenvalue weighted by Crippen LogP contribution is 2.05. The molecule has 0 saturated carbocycles. The summed E-state index contributed by atoms with van der Waals surface area (Å²) in [6.45, 7) is 4.24. The Kier molecular flexibility index (Phi) is 3.65. The molecule has 3 nitrogen and oxygen atoms in total. The second kappa shape index (κ2) is 4.77. The maximum atomic E-state index is 11.2. The van der Waals surface area contributed by atoms with Gasteiger partial charge in [0.2, 0.25) is 5.91 Å². The van der Waals surface area contributed by atoms with Gasteiger partial charge in [0, 0.05) is 6.54 Å². The molecule has 76 valence electrons. The molecule has 1 unspecified atom stereocenters. The summed E-state index contributed by atoms with van der Waals surface area (Å²) in [6.07, 6.45) is 0. The fourth-order valence-corrected chi connectivity index (χ4v) is 1.15. The van der Waals surface area contributed by atoms with Gasteiger partial charge in [-0.2, -0.15) is 0 Å². The molecular weight excluding hydrogens is 176 g/mol. The van der Waals surface area contributed by atoms with Gasteiger partial charge in [-0.3, -0.25) is 4.79 Å². The number of nitrogens with one attached hydrogen (secondary N) is 1. The van der Waals surface area contributed by atoms with Gasteiger partial charge in [0.15, 0.2) is 0 Å². The van der Waals surface area contributed by atoms with Crippen LogP contribution < -0.4 is 11.1 Å². The lowest BCUT2D eigenvalue weighted by atomic mass is 10.1. The molecule has 1 amide bonds. The van der Waals surface area contributed by atoms with Gasteiger partial charge in [-0.1, -0.05) is 24.3 Å². The van der Waals surface area contributed by atoms with Crippen LogP contribution in [0.25, 0.3) is 0 Å². The number of carbonyl (C=O) groups excluding carboxylic acids is 1. The lowest BCUT2D eigenvalue weighted by Crippen LogP contribution is -2.37. The first-order valence-corrected chi connectivity index (χ1v) is 4.69. The molecule has 1 rings (SSSR count). The van der Waals surface area contributed by atoms with Crippen LogP contribution in [0, 0.1) is 6.92 Å². The Balaban J connectivity index is 2.54. The van der Waals surface area contributed by atoms with E-state index in [1.165, 1.54) is 5.56 Å². The van der Waals surface area contributed by atoms with E-state index in [-0.39, 0.29) is 5.91 Å². The quantitative estimate of drug-likeness (QED) is 0.749. The van der Waals surface area contributed by atoms with Crippen LogP contribution in [-0.2, 0) is 11.3 Å². The second-order valence-corrected chi connectivity index (χ2v) is 3.43. The first-order valence-electron chi connectivity index (χ1n) is 4.69. The average molecular weight is 192 g/mol. The molecule has 0 aliphatic rings. The average Bonchev–Trinajstić information content (AvgIpc) is 2.16. The number of hydrogen-bond acceptors (Lipinski definition) is 2. The molecule has 0 bridgehead atoms. The van der Waals surface area contributed by atoms with E-state index < -0.39 is 6.04 Å². The number of rotatable bonds is 3. The van der Waals surface area contributed by atoms with Crippen molar-refractivity contribution >= 4 is 5.91 Å². The first kappa shape index (κ1) is 10.7. The summed E-state index contributed by atoms with van der Waals surface area (Å²) in [5.41, 5.74) is 7.73. The van der Waals surface area contributed by atoms with Gasteiger partial charge in [-0.25, -0.2) is 0 Å². The smallest absolute Gasteiger partial charge is 0.236 e.